The van der Waals surface area contributed by atoms with Crippen molar-refractivity contribution in [2.75, 3.05) is 0 Å². The third kappa shape index (κ3) is 1.81. The predicted octanol–water partition coefficient (Wildman–Crippen LogP) is 1.78. The van der Waals surface area contributed by atoms with E-state index in [1.165, 1.54) is 0 Å². The highest BCUT2D eigenvalue weighted by Crippen LogP contribution is 2.36. The lowest BCUT2D eigenvalue weighted by atomic mass is 9.78. The minimum atomic E-state index is -0.682. The summed E-state index contributed by atoms with van der Waals surface area (Å²) in [5, 5.41) is 10.4. The van der Waals surface area contributed by atoms with Crippen LogP contribution in [0.1, 0.15) is 31.2 Å². The average Bonchev–Trinajstić information content (AvgIpc) is 2.19. The summed E-state index contributed by atoms with van der Waals surface area (Å²) in [6.45, 7) is 0. The van der Waals surface area contributed by atoms with Gasteiger partial charge in [-0.05, 0) is 31.2 Å². The molecule has 2 heteroatoms. The van der Waals surface area contributed by atoms with Crippen LogP contribution in [-0.2, 0) is 5.60 Å². The van der Waals surface area contributed by atoms with Crippen LogP contribution in [0.15, 0.2) is 30.3 Å². The Kier molecular flexibility index (Phi) is 2.57. The summed E-state index contributed by atoms with van der Waals surface area (Å²) in [7, 11) is 0. The summed E-state index contributed by atoms with van der Waals surface area (Å²) in [5.41, 5.74) is 6.22. The lowest BCUT2D eigenvalue weighted by molar-refractivity contribution is -0.00716. The second-order valence-electron chi connectivity index (χ2n) is 4.25. The van der Waals surface area contributed by atoms with Gasteiger partial charge in [0.15, 0.2) is 0 Å². The van der Waals surface area contributed by atoms with Crippen LogP contribution >= 0.6 is 0 Å². The molecule has 14 heavy (non-hydrogen) atoms. The summed E-state index contributed by atoms with van der Waals surface area (Å²) in [6, 6.07) is 10.0. The minimum absolute atomic E-state index is 0.147. The van der Waals surface area contributed by atoms with E-state index in [-0.39, 0.29) is 6.04 Å². The third-order valence-corrected chi connectivity index (χ3v) is 3.08. The fourth-order valence-electron chi connectivity index (χ4n) is 2.31. The van der Waals surface area contributed by atoms with Gasteiger partial charge in [-0.3, -0.25) is 0 Å². The molecule has 0 heterocycles. The van der Waals surface area contributed by atoms with Gasteiger partial charge in [0.05, 0.1) is 5.60 Å². The lowest BCUT2D eigenvalue weighted by Gasteiger charge is -2.35. The minimum Gasteiger partial charge on any atom is -0.385 e. The fourth-order valence-corrected chi connectivity index (χ4v) is 2.31. The molecular weight excluding hydrogens is 174 g/mol. The molecule has 1 aromatic carbocycles. The van der Waals surface area contributed by atoms with Gasteiger partial charge in [0.1, 0.15) is 0 Å². The van der Waals surface area contributed by atoms with Crippen LogP contribution in [0.25, 0.3) is 0 Å². The second kappa shape index (κ2) is 3.71. The first-order valence-corrected chi connectivity index (χ1v) is 5.24. The van der Waals surface area contributed by atoms with E-state index in [0.29, 0.717) is 6.42 Å². The summed E-state index contributed by atoms with van der Waals surface area (Å²) in [6.07, 6.45) is 3.59. The number of nitrogens with two attached hydrogens (primary N) is 1. The van der Waals surface area contributed by atoms with Gasteiger partial charge in [-0.2, -0.15) is 0 Å². The van der Waals surface area contributed by atoms with Crippen LogP contribution in [0, 0.1) is 0 Å². The van der Waals surface area contributed by atoms with Crippen molar-refractivity contribution in [2.24, 2.45) is 5.73 Å². The standard InChI is InChI=1S/C12H17NO/c13-11-7-4-8-12(14,9-11)10-5-2-1-3-6-10/h1-3,5-6,11,14H,4,7-9,13H2/t11-,12-/m0/s1. The van der Waals surface area contributed by atoms with Crippen LogP contribution in [0.3, 0.4) is 0 Å². The molecular formula is C12H17NO. The number of hydrogen-bond donors (Lipinski definition) is 2. The number of rotatable bonds is 1. The van der Waals surface area contributed by atoms with E-state index < -0.39 is 5.60 Å². The first-order valence-electron chi connectivity index (χ1n) is 5.24. The van der Waals surface area contributed by atoms with Crippen molar-refractivity contribution in [1.82, 2.24) is 0 Å². The Morgan fingerprint density at radius 2 is 2.00 bits per heavy atom. The SMILES string of the molecule is N[C@H]1CCC[C@@](O)(c2ccccc2)C1. The molecule has 1 aliphatic carbocycles. The zero-order valence-electron chi connectivity index (χ0n) is 8.32. The van der Waals surface area contributed by atoms with Gasteiger partial charge in [-0.1, -0.05) is 30.3 Å². The van der Waals surface area contributed by atoms with Gasteiger partial charge in [0, 0.05) is 6.04 Å². The summed E-state index contributed by atoms with van der Waals surface area (Å²) < 4.78 is 0. The van der Waals surface area contributed by atoms with Crippen LogP contribution in [0.4, 0.5) is 0 Å². The van der Waals surface area contributed by atoms with E-state index in [4.69, 9.17) is 5.73 Å². The van der Waals surface area contributed by atoms with E-state index in [9.17, 15) is 5.11 Å². The Morgan fingerprint density at radius 1 is 1.29 bits per heavy atom. The molecule has 0 aromatic heterocycles. The molecule has 0 aliphatic heterocycles. The highest BCUT2D eigenvalue weighted by Gasteiger charge is 2.34. The molecule has 0 bridgehead atoms. The molecule has 2 rings (SSSR count). The number of hydrogen-bond acceptors (Lipinski definition) is 2. The first kappa shape index (κ1) is 9.69. The van der Waals surface area contributed by atoms with Crippen LogP contribution in [0.5, 0.6) is 0 Å². The molecule has 0 spiro atoms. The molecule has 2 atom stereocenters. The van der Waals surface area contributed by atoms with Crippen molar-refractivity contribution in [1.29, 1.82) is 0 Å². The Hall–Kier alpha value is -0.860. The maximum Gasteiger partial charge on any atom is 0.0911 e. The fraction of sp³-hybridized carbons (Fsp3) is 0.500. The Balaban J connectivity index is 2.23. The third-order valence-electron chi connectivity index (χ3n) is 3.08. The summed E-state index contributed by atoms with van der Waals surface area (Å²) in [5.74, 6) is 0. The average molecular weight is 191 g/mol. The molecule has 76 valence electrons. The van der Waals surface area contributed by atoms with Crippen LogP contribution in [-0.4, -0.2) is 11.1 Å². The molecule has 0 radical (unpaired) electrons. The molecule has 0 unspecified atom stereocenters. The van der Waals surface area contributed by atoms with Crippen molar-refractivity contribution in [3.8, 4) is 0 Å². The van der Waals surface area contributed by atoms with Crippen molar-refractivity contribution in [3.05, 3.63) is 35.9 Å². The van der Waals surface area contributed by atoms with Gasteiger partial charge in [-0.15, -0.1) is 0 Å². The molecule has 1 saturated carbocycles. The molecule has 1 aliphatic rings. The zero-order valence-corrected chi connectivity index (χ0v) is 8.32. The van der Waals surface area contributed by atoms with Gasteiger partial charge in [0.2, 0.25) is 0 Å². The maximum atomic E-state index is 10.4. The molecule has 2 nitrogen and oxygen atoms in total. The molecule has 1 aromatic rings. The highest BCUT2D eigenvalue weighted by atomic mass is 16.3. The molecule has 0 amide bonds. The van der Waals surface area contributed by atoms with E-state index in [2.05, 4.69) is 0 Å². The second-order valence-corrected chi connectivity index (χ2v) is 4.25. The van der Waals surface area contributed by atoms with Crippen molar-refractivity contribution >= 4 is 0 Å². The zero-order chi connectivity index (χ0) is 10.0. The van der Waals surface area contributed by atoms with E-state index >= 15 is 0 Å². The number of aliphatic hydroxyl groups is 1. The predicted molar refractivity (Wildman–Crippen MR) is 56.8 cm³/mol. The van der Waals surface area contributed by atoms with Gasteiger partial charge in [-0.25, -0.2) is 0 Å². The van der Waals surface area contributed by atoms with Crippen molar-refractivity contribution < 1.29 is 5.11 Å². The summed E-state index contributed by atoms with van der Waals surface area (Å²) >= 11 is 0. The smallest absolute Gasteiger partial charge is 0.0911 e. The topological polar surface area (TPSA) is 46.2 Å². The van der Waals surface area contributed by atoms with Gasteiger partial charge >= 0.3 is 0 Å². The van der Waals surface area contributed by atoms with Gasteiger partial charge < -0.3 is 10.8 Å². The monoisotopic (exact) mass is 191 g/mol. The lowest BCUT2D eigenvalue weighted by Crippen LogP contribution is -2.39. The van der Waals surface area contributed by atoms with Gasteiger partial charge in [0.25, 0.3) is 0 Å². The molecule has 3 N–H and O–H groups in total. The Labute approximate surface area is 84.7 Å². The van der Waals surface area contributed by atoms with Crippen LogP contribution < -0.4 is 5.73 Å². The first-order chi connectivity index (χ1) is 6.71. The van der Waals surface area contributed by atoms with Crippen molar-refractivity contribution in [2.45, 2.75) is 37.3 Å². The summed E-state index contributed by atoms with van der Waals surface area (Å²) in [4.78, 5) is 0. The Morgan fingerprint density at radius 3 is 2.64 bits per heavy atom. The highest BCUT2D eigenvalue weighted by molar-refractivity contribution is 5.23. The number of benzene rings is 1. The van der Waals surface area contributed by atoms with Crippen LogP contribution in [0.2, 0.25) is 0 Å². The van der Waals surface area contributed by atoms with E-state index in [1.807, 2.05) is 30.3 Å². The maximum absolute atomic E-state index is 10.4. The van der Waals surface area contributed by atoms with E-state index in [1.54, 1.807) is 0 Å². The quantitative estimate of drug-likeness (QED) is 0.710. The van der Waals surface area contributed by atoms with E-state index in [0.717, 1.165) is 24.8 Å². The molecule has 1 fully saturated rings. The molecule has 0 saturated heterocycles. The van der Waals surface area contributed by atoms with Crippen molar-refractivity contribution in [3.63, 3.8) is 0 Å². The Bertz CT molecular complexity index is 298. The normalized spacial score (nSPS) is 32.9. The largest absolute Gasteiger partial charge is 0.385 e.